The number of rotatable bonds is 4. The monoisotopic (exact) mass is 384 g/mol. The Kier molecular flexibility index (Phi) is 5.29. The molecular weight excluding hydrogens is 352 g/mol. The summed E-state index contributed by atoms with van der Waals surface area (Å²) in [7, 11) is 8.42. The highest BCUT2D eigenvalue weighted by Crippen LogP contribution is 2.36. The molecule has 0 atom stereocenters. The highest BCUT2D eigenvalue weighted by Gasteiger charge is 2.29. The minimum atomic E-state index is 0.446. The van der Waals surface area contributed by atoms with E-state index < -0.39 is 0 Å². The smallest absolute Gasteiger partial charge is 0.159 e. The molecule has 152 valence electrons. The van der Waals surface area contributed by atoms with Gasteiger partial charge in [-0.3, -0.25) is 9.67 Å². The standard InChI is InChI=1S/C21H32N6O/c1-15-20(24(2)3)12-17(13-22-15)26(5)21-18-14-25(4)9-6-19(18)27(23-21)16-7-10-28-11-8-16/h12-13,16H,6-11,14H2,1-5H3. The van der Waals surface area contributed by atoms with Crippen molar-refractivity contribution in [2.24, 2.45) is 0 Å². The second-order valence-electron chi connectivity index (χ2n) is 8.28. The van der Waals surface area contributed by atoms with Crippen LogP contribution in [0.5, 0.6) is 0 Å². The fourth-order valence-electron chi connectivity index (χ4n) is 4.33. The Labute approximate surface area is 167 Å². The lowest BCUT2D eigenvalue weighted by Crippen LogP contribution is -2.29. The summed E-state index contributed by atoms with van der Waals surface area (Å²) in [4.78, 5) is 11.3. The van der Waals surface area contributed by atoms with Gasteiger partial charge in [0.25, 0.3) is 0 Å². The predicted octanol–water partition coefficient (Wildman–Crippen LogP) is 2.76. The molecule has 0 amide bonds. The quantitative estimate of drug-likeness (QED) is 0.808. The molecule has 0 unspecified atom stereocenters. The van der Waals surface area contributed by atoms with Gasteiger partial charge in [0.1, 0.15) is 0 Å². The lowest BCUT2D eigenvalue weighted by atomic mass is 10.0. The molecule has 0 radical (unpaired) electrons. The molecule has 2 aliphatic rings. The zero-order valence-corrected chi connectivity index (χ0v) is 17.8. The van der Waals surface area contributed by atoms with Gasteiger partial charge in [-0.25, -0.2) is 0 Å². The van der Waals surface area contributed by atoms with E-state index in [-0.39, 0.29) is 0 Å². The van der Waals surface area contributed by atoms with Crippen molar-refractivity contribution in [2.45, 2.75) is 38.8 Å². The molecular formula is C21H32N6O. The third kappa shape index (κ3) is 3.49. The second-order valence-corrected chi connectivity index (χ2v) is 8.28. The van der Waals surface area contributed by atoms with Gasteiger partial charge in [0.15, 0.2) is 5.82 Å². The first-order valence-corrected chi connectivity index (χ1v) is 10.2. The van der Waals surface area contributed by atoms with Crippen LogP contribution in [0.4, 0.5) is 17.2 Å². The van der Waals surface area contributed by atoms with Crippen molar-refractivity contribution in [3.63, 3.8) is 0 Å². The number of pyridine rings is 1. The fraction of sp³-hybridized carbons (Fsp3) is 0.619. The molecule has 4 rings (SSSR count). The number of nitrogens with zero attached hydrogens (tertiary/aromatic N) is 6. The van der Waals surface area contributed by atoms with Gasteiger partial charge in [-0.1, -0.05) is 0 Å². The lowest BCUT2D eigenvalue weighted by Gasteiger charge is -2.28. The van der Waals surface area contributed by atoms with Gasteiger partial charge in [0.2, 0.25) is 0 Å². The third-order valence-electron chi connectivity index (χ3n) is 6.02. The minimum Gasteiger partial charge on any atom is -0.381 e. The summed E-state index contributed by atoms with van der Waals surface area (Å²) in [6.45, 7) is 5.74. The molecule has 0 bridgehead atoms. The van der Waals surface area contributed by atoms with Crippen molar-refractivity contribution in [2.75, 3.05) is 57.7 Å². The average molecular weight is 385 g/mol. The van der Waals surface area contributed by atoms with E-state index in [1.807, 2.05) is 6.20 Å². The molecule has 0 saturated carbocycles. The summed E-state index contributed by atoms with van der Waals surface area (Å²) in [6.07, 6.45) is 5.10. The van der Waals surface area contributed by atoms with Gasteiger partial charge in [-0.05, 0) is 32.9 Å². The summed E-state index contributed by atoms with van der Waals surface area (Å²) in [6, 6.07) is 2.65. The van der Waals surface area contributed by atoms with Crippen LogP contribution in [-0.4, -0.2) is 67.6 Å². The van der Waals surface area contributed by atoms with Crippen LogP contribution in [0.3, 0.4) is 0 Å². The van der Waals surface area contributed by atoms with E-state index in [0.717, 1.165) is 68.5 Å². The van der Waals surface area contributed by atoms with Gasteiger partial charge in [0.05, 0.1) is 29.3 Å². The van der Waals surface area contributed by atoms with Crippen molar-refractivity contribution in [1.29, 1.82) is 0 Å². The molecule has 0 aromatic carbocycles. The maximum absolute atomic E-state index is 5.58. The number of anilines is 3. The van der Waals surface area contributed by atoms with Crippen LogP contribution in [0.15, 0.2) is 12.3 Å². The Morgan fingerprint density at radius 1 is 1.18 bits per heavy atom. The van der Waals surface area contributed by atoms with Crippen LogP contribution in [-0.2, 0) is 17.7 Å². The average Bonchev–Trinajstić information content (AvgIpc) is 3.07. The highest BCUT2D eigenvalue weighted by atomic mass is 16.5. The molecule has 0 aliphatic carbocycles. The molecule has 28 heavy (non-hydrogen) atoms. The van der Waals surface area contributed by atoms with Crippen LogP contribution in [0, 0.1) is 6.92 Å². The van der Waals surface area contributed by atoms with Crippen molar-refractivity contribution >= 4 is 17.2 Å². The Balaban J connectivity index is 1.74. The first kappa shape index (κ1) is 19.2. The fourth-order valence-corrected chi connectivity index (χ4v) is 4.33. The molecule has 0 spiro atoms. The zero-order valence-electron chi connectivity index (χ0n) is 17.8. The van der Waals surface area contributed by atoms with Gasteiger partial charge >= 0.3 is 0 Å². The van der Waals surface area contributed by atoms with E-state index in [1.165, 1.54) is 11.3 Å². The number of aromatic nitrogens is 3. The first-order valence-electron chi connectivity index (χ1n) is 10.2. The summed E-state index contributed by atoms with van der Waals surface area (Å²) in [5, 5.41) is 5.14. The molecule has 2 aromatic heterocycles. The van der Waals surface area contributed by atoms with Gasteiger partial charge in [-0.15, -0.1) is 0 Å². The van der Waals surface area contributed by atoms with Crippen LogP contribution in [0.25, 0.3) is 0 Å². The number of ether oxygens (including phenoxy) is 1. The second kappa shape index (κ2) is 7.72. The van der Waals surface area contributed by atoms with Gasteiger partial charge in [-0.2, -0.15) is 5.10 Å². The maximum atomic E-state index is 5.58. The van der Waals surface area contributed by atoms with Crippen LogP contribution in [0.2, 0.25) is 0 Å². The van der Waals surface area contributed by atoms with Crippen LogP contribution in [0.1, 0.15) is 35.8 Å². The number of hydrogen-bond acceptors (Lipinski definition) is 6. The molecule has 7 heteroatoms. The Morgan fingerprint density at radius 2 is 1.93 bits per heavy atom. The lowest BCUT2D eigenvalue weighted by molar-refractivity contribution is 0.0651. The third-order valence-corrected chi connectivity index (χ3v) is 6.02. The largest absolute Gasteiger partial charge is 0.381 e. The van der Waals surface area contributed by atoms with Gasteiger partial charge < -0.3 is 19.4 Å². The Hall–Kier alpha value is -2.12. The first-order chi connectivity index (χ1) is 13.5. The van der Waals surface area contributed by atoms with Crippen molar-refractivity contribution in [3.05, 3.63) is 29.2 Å². The molecule has 7 nitrogen and oxygen atoms in total. The summed E-state index contributed by atoms with van der Waals surface area (Å²) < 4.78 is 7.89. The highest BCUT2D eigenvalue weighted by molar-refractivity contribution is 5.67. The summed E-state index contributed by atoms with van der Waals surface area (Å²) in [5.41, 5.74) is 6.01. The molecule has 1 fully saturated rings. The molecule has 0 N–H and O–H groups in total. The molecule has 2 aromatic rings. The zero-order chi connectivity index (χ0) is 19.8. The van der Waals surface area contributed by atoms with E-state index in [4.69, 9.17) is 9.84 Å². The van der Waals surface area contributed by atoms with Crippen LogP contribution < -0.4 is 9.80 Å². The predicted molar refractivity (Wildman–Crippen MR) is 113 cm³/mol. The molecule has 2 aliphatic heterocycles. The summed E-state index contributed by atoms with van der Waals surface area (Å²) >= 11 is 0. The minimum absolute atomic E-state index is 0.446. The van der Waals surface area contributed by atoms with E-state index in [2.05, 4.69) is 65.5 Å². The van der Waals surface area contributed by atoms with Crippen molar-refractivity contribution in [3.8, 4) is 0 Å². The van der Waals surface area contributed by atoms with Crippen LogP contribution >= 0.6 is 0 Å². The van der Waals surface area contributed by atoms with E-state index >= 15 is 0 Å². The molecule has 1 saturated heterocycles. The summed E-state index contributed by atoms with van der Waals surface area (Å²) in [5.74, 6) is 1.06. The topological polar surface area (TPSA) is 49.7 Å². The molecule has 4 heterocycles. The Bertz CT molecular complexity index is 840. The van der Waals surface area contributed by atoms with Crippen molar-refractivity contribution in [1.82, 2.24) is 19.7 Å². The van der Waals surface area contributed by atoms with Crippen molar-refractivity contribution < 1.29 is 4.74 Å². The number of fused-ring (bicyclic) bond motifs is 1. The van der Waals surface area contributed by atoms with E-state index in [1.54, 1.807) is 0 Å². The van der Waals surface area contributed by atoms with E-state index in [0.29, 0.717) is 6.04 Å². The van der Waals surface area contributed by atoms with E-state index in [9.17, 15) is 0 Å². The normalized spacial score (nSPS) is 18.2. The SMILES string of the molecule is Cc1ncc(N(C)c2nn(C3CCOCC3)c3c2CN(C)CC3)cc1N(C)C. The number of hydrogen-bond donors (Lipinski definition) is 0. The Morgan fingerprint density at radius 3 is 2.64 bits per heavy atom. The maximum Gasteiger partial charge on any atom is 0.159 e. The van der Waals surface area contributed by atoms with Gasteiger partial charge in [0, 0.05) is 65.1 Å². The number of aryl methyl sites for hydroxylation is 1. The number of likely N-dealkylation sites (N-methyl/N-ethyl adjacent to an activating group) is 1.